The molecule has 8 nitrogen and oxygen atoms in total. The molecule has 2 unspecified atom stereocenters. The predicted molar refractivity (Wildman–Crippen MR) is 71.5 cm³/mol. The van der Waals surface area contributed by atoms with Gasteiger partial charge in [-0.15, -0.1) is 0 Å². The van der Waals surface area contributed by atoms with Crippen molar-refractivity contribution in [2.45, 2.75) is 0 Å². The number of fused-ring (bicyclic) bond motifs is 1. The zero-order chi connectivity index (χ0) is 14.3. The molecule has 2 fully saturated rings. The van der Waals surface area contributed by atoms with Crippen molar-refractivity contribution in [2.75, 3.05) is 31.1 Å². The highest BCUT2D eigenvalue weighted by Crippen LogP contribution is 2.32. The van der Waals surface area contributed by atoms with Crippen LogP contribution in [0.5, 0.6) is 0 Å². The second-order valence-electron chi connectivity index (χ2n) is 5.27. The second-order valence-corrected chi connectivity index (χ2v) is 5.27. The van der Waals surface area contributed by atoms with Crippen LogP contribution in [0.1, 0.15) is 10.4 Å². The molecule has 1 aromatic heterocycles. The number of nitro groups is 1. The first-order valence-electron chi connectivity index (χ1n) is 6.46. The van der Waals surface area contributed by atoms with E-state index in [1.54, 1.807) is 0 Å². The predicted octanol–water partition coefficient (Wildman–Crippen LogP) is -0.256. The van der Waals surface area contributed by atoms with Crippen LogP contribution in [-0.4, -0.2) is 42.0 Å². The van der Waals surface area contributed by atoms with Crippen molar-refractivity contribution >= 4 is 17.4 Å². The van der Waals surface area contributed by atoms with Crippen LogP contribution in [0, 0.1) is 22.0 Å². The number of rotatable bonds is 3. The number of carbonyl (C=O) groups excluding carboxylic acids is 1. The monoisotopic (exact) mass is 277 g/mol. The molecule has 1 aromatic rings. The van der Waals surface area contributed by atoms with Crippen LogP contribution in [0.25, 0.3) is 0 Å². The Morgan fingerprint density at radius 3 is 2.65 bits per heavy atom. The lowest BCUT2D eigenvalue weighted by molar-refractivity contribution is -0.385. The SMILES string of the molecule is NC(=O)c1cc([N+](=O)[O-])cnc1N1CC2CNCC2C1. The minimum absolute atomic E-state index is 0.118. The number of amides is 1. The number of hydrogen-bond donors (Lipinski definition) is 2. The summed E-state index contributed by atoms with van der Waals surface area (Å²) in [6.07, 6.45) is 1.17. The van der Waals surface area contributed by atoms with Crippen molar-refractivity contribution in [2.24, 2.45) is 17.6 Å². The average molecular weight is 277 g/mol. The van der Waals surface area contributed by atoms with Crippen molar-refractivity contribution in [3.63, 3.8) is 0 Å². The maximum atomic E-state index is 11.5. The maximum absolute atomic E-state index is 11.5. The highest BCUT2D eigenvalue weighted by Gasteiger charge is 2.37. The van der Waals surface area contributed by atoms with Gasteiger partial charge in [0.15, 0.2) is 0 Å². The van der Waals surface area contributed by atoms with Crippen LogP contribution in [-0.2, 0) is 0 Å². The second kappa shape index (κ2) is 4.71. The van der Waals surface area contributed by atoms with E-state index in [0.717, 1.165) is 26.2 Å². The number of anilines is 1. The van der Waals surface area contributed by atoms with Crippen LogP contribution in [0.15, 0.2) is 12.3 Å². The van der Waals surface area contributed by atoms with E-state index in [0.29, 0.717) is 17.7 Å². The Hall–Kier alpha value is -2.22. The van der Waals surface area contributed by atoms with Crippen LogP contribution in [0.3, 0.4) is 0 Å². The van der Waals surface area contributed by atoms with Gasteiger partial charge in [0.25, 0.3) is 11.6 Å². The Balaban J connectivity index is 1.93. The molecule has 106 valence electrons. The zero-order valence-electron chi connectivity index (χ0n) is 10.8. The molecular formula is C12H15N5O3. The van der Waals surface area contributed by atoms with Crippen LogP contribution in [0.4, 0.5) is 11.5 Å². The molecule has 3 N–H and O–H groups in total. The van der Waals surface area contributed by atoms with Crippen molar-refractivity contribution in [3.05, 3.63) is 27.9 Å². The smallest absolute Gasteiger partial charge is 0.288 e. The molecule has 0 aliphatic carbocycles. The van der Waals surface area contributed by atoms with E-state index < -0.39 is 10.8 Å². The fraction of sp³-hybridized carbons (Fsp3) is 0.500. The Labute approximate surface area is 115 Å². The van der Waals surface area contributed by atoms with Crippen LogP contribution in [0.2, 0.25) is 0 Å². The van der Waals surface area contributed by atoms with Gasteiger partial charge in [-0.1, -0.05) is 0 Å². The average Bonchev–Trinajstić information content (AvgIpc) is 2.98. The summed E-state index contributed by atoms with van der Waals surface area (Å²) in [5.74, 6) is 0.837. The number of hydrogen-bond acceptors (Lipinski definition) is 6. The molecule has 0 bridgehead atoms. The molecule has 3 heterocycles. The largest absolute Gasteiger partial charge is 0.365 e. The number of pyridine rings is 1. The number of nitrogens with zero attached hydrogens (tertiary/aromatic N) is 3. The quantitative estimate of drug-likeness (QED) is 0.581. The molecule has 0 spiro atoms. The van der Waals surface area contributed by atoms with Crippen molar-refractivity contribution in [3.8, 4) is 0 Å². The van der Waals surface area contributed by atoms with Crippen LogP contribution < -0.4 is 16.0 Å². The molecule has 0 aromatic carbocycles. The summed E-state index contributed by atoms with van der Waals surface area (Å²) in [4.78, 5) is 27.8. The molecule has 2 aliphatic heterocycles. The van der Waals surface area contributed by atoms with Gasteiger partial charge in [0.2, 0.25) is 0 Å². The van der Waals surface area contributed by atoms with Gasteiger partial charge >= 0.3 is 0 Å². The summed E-state index contributed by atoms with van der Waals surface area (Å²) >= 11 is 0. The van der Waals surface area contributed by atoms with Gasteiger partial charge in [0.05, 0.1) is 10.5 Å². The molecule has 0 saturated carbocycles. The summed E-state index contributed by atoms with van der Waals surface area (Å²) in [5.41, 5.74) is 5.23. The Kier molecular flexibility index (Phi) is 3.01. The fourth-order valence-corrected chi connectivity index (χ4v) is 3.01. The summed E-state index contributed by atoms with van der Waals surface area (Å²) in [6, 6.07) is 1.21. The Bertz CT molecular complexity index is 564. The van der Waals surface area contributed by atoms with E-state index in [1.807, 2.05) is 4.90 Å². The third-order valence-corrected chi connectivity index (χ3v) is 4.02. The molecule has 2 aliphatic rings. The molecule has 8 heteroatoms. The van der Waals surface area contributed by atoms with Gasteiger partial charge in [-0.3, -0.25) is 14.9 Å². The highest BCUT2D eigenvalue weighted by atomic mass is 16.6. The maximum Gasteiger partial charge on any atom is 0.288 e. The lowest BCUT2D eigenvalue weighted by atomic mass is 10.0. The number of nitrogens with two attached hydrogens (primary N) is 1. The highest BCUT2D eigenvalue weighted by molar-refractivity contribution is 5.98. The van der Waals surface area contributed by atoms with E-state index in [2.05, 4.69) is 10.3 Å². The first-order valence-corrected chi connectivity index (χ1v) is 6.46. The third kappa shape index (κ3) is 2.07. The van der Waals surface area contributed by atoms with E-state index in [1.165, 1.54) is 12.3 Å². The minimum Gasteiger partial charge on any atom is -0.365 e. The molecule has 3 rings (SSSR count). The van der Waals surface area contributed by atoms with Crippen molar-refractivity contribution in [1.29, 1.82) is 0 Å². The van der Waals surface area contributed by atoms with Gasteiger partial charge in [-0.05, 0) is 11.8 Å². The molecule has 2 atom stereocenters. The fourth-order valence-electron chi connectivity index (χ4n) is 3.01. The van der Waals surface area contributed by atoms with Gasteiger partial charge in [0.1, 0.15) is 12.0 Å². The molecule has 1 amide bonds. The summed E-state index contributed by atoms with van der Waals surface area (Å²) in [5, 5.41) is 14.1. The molecule has 2 saturated heterocycles. The topological polar surface area (TPSA) is 114 Å². The first kappa shape index (κ1) is 12.8. The standard InChI is InChI=1S/C12H15N5O3/c13-11(18)10-1-9(17(19)20)4-15-12(10)16-5-7-2-14-3-8(7)6-16/h1,4,7-8,14H,2-3,5-6H2,(H2,13,18). The molecule has 0 radical (unpaired) electrons. The summed E-state index contributed by atoms with van der Waals surface area (Å²) < 4.78 is 0. The Morgan fingerprint density at radius 2 is 2.10 bits per heavy atom. The normalized spacial score (nSPS) is 24.7. The summed E-state index contributed by atoms with van der Waals surface area (Å²) in [6.45, 7) is 3.51. The number of aromatic nitrogens is 1. The Morgan fingerprint density at radius 1 is 1.45 bits per heavy atom. The lowest BCUT2D eigenvalue weighted by Gasteiger charge is -2.20. The minimum atomic E-state index is -0.689. The third-order valence-electron chi connectivity index (χ3n) is 4.02. The van der Waals surface area contributed by atoms with E-state index in [4.69, 9.17) is 5.73 Å². The number of nitrogens with one attached hydrogen (secondary N) is 1. The zero-order valence-corrected chi connectivity index (χ0v) is 10.8. The number of primary amides is 1. The molecule has 20 heavy (non-hydrogen) atoms. The van der Waals surface area contributed by atoms with Gasteiger partial charge in [0, 0.05) is 32.2 Å². The molecular weight excluding hydrogens is 262 g/mol. The van der Waals surface area contributed by atoms with E-state index in [9.17, 15) is 14.9 Å². The number of carbonyl (C=O) groups is 1. The van der Waals surface area contributed by atoms with Gasteiger partial charge in [-0.25, -0.2) is 4.98 Å². The first-order chi connectivity index (χ1) is 9.56. The van der Waals surface area contributed by atoms with E-state index in [-0.39, 0.29) is 11.3 Å². The van der Waals surface area contributed by atoms with Crippen LogP contribution >= 0.6 is 0 Å². The lowest BCUT2D eigenvalue weighted by Crippen LogP contribution is -2.29. The van der Waals surface area contributed by atoms with Crippen molar-refractivity contribution in [1.82, 2.24) is 10.3 Å². The van der Waals surface area contributed by atoms with Gasteiger partial charge in [-0.2, -0.15) is 0 Å². The summed E-state index contributed by atoms with van der Waals surface area (Å²) in [7, 11) is 0. The van der Waals surface area contributed by atoms with E-state index >= 15 is 0 Å². The van der Waals surface area contributed by atoms with Crippen molar-refractivity contribution < 1.29 is 9.72 Å². The van der Waals surface area contributed by atoms with Gasteiger partial charge < -0.3 is 16.0 Å².